The highest BCUT2D eigenvalue weighted by Crippen LogP contribution is 2.12. The molecule has 0 unspecified atom stereocenters. The summed E-state index contributed by atoms with van der Waals surface area (Å²) in [6, 6.07) is -0.848. The van der Waals surface area contributed by atoms with Gasteiger partial charge in [0.05, 0.1) is 12.6 Å². The van der Waals surface area contributed by atoms with Gasteiger partial charge in [-0.05, 0) is 27.2 Å². The lowest BCUT2D eigenvalue weighted by atomic mass is 10.1. The molecule has 0 rings (SSSR count). The van der Waals surface area contributed by atoms with Crippen molar-refractivity contribution in [2.75, 3.05) is 6.61 Å². The second kappa shape index (κ2) is 16.7. The summed E-state index contributed by atoms with van der Waals surface area (Å²) in [6.45, 7) is 7.11. The number of nitrogens with one attached hydrogen (secondary N) is 1. The van der Waals surface area contributed by atoms with E-state index in [1.165, 1.54) is 57.8 Å². The molecule has 3 N–H and O–H groups in total. The lowest BCUT2D eigenvalue weighted by molar-refractivity contribution is 0.0413. The summed E-state index contributed by atoms with van der Waals surface area (Å²) >= 11 is 0. The highest BCUT2D eigenvalue weighted by Gasteiger charge is 2.22. The van der Waals surface area contributed by atoms with Crippen molar-refractivity contribution in [3.8, 4) is 11.8 Å². The maximum Gasteiger partial charge on any atom is 0.408 e. The zero-order valence-electron chi connectivity index (χ0n) is 18.6. The number of aliphatic hydroxyl groups is 2. The van der Waals surface area contributed by atoms with Crippen LogP contribution in [0, 0.1) is 11.8 Å². The molecule has 28 heavy (non-hydrogen) atoms. The van der Waals surface area contributed by atoms with E-state index in [1.54, 1.807) is 20.8 Å². The maximum absolute atomic E-state index is 11.7. The molecule has 2 atom stereocenters. The van der Waals surface area contributed by atoms with E-state index >= 15 is 0 Å². The van der Waals surface area contributed by atoms with Gasteiger partial charge in [-0.2, -0.15) is 0 Å². The molecular weight excluding hydrogens is 354 g/mol. The second-order valence-electron chi connectivity index (χ2n) is 8.49. The van der Waals surface area contributed by atoms with E-state index in [9.17, 15) is 15.0 Å². The predicted octanol–water partition coefficient (Wildman–Crippen LogP) is 4.94. The van der Waals surface area contributed by atoms with Crippen molar-refractivity contribution in [2.24, 2.45) is 0 Å². The molecule has 0 spiro atoms. The molecule has 0 fully saturated rings. The Labute approximate surface area is 172 Å². The van der Waals surface area contributed by atoms with Crippen molar-refractivity contribution in [3.63, 3.8) is 0 Å². The van der Waals surface area contributed by atoms with Crippen LogP contribution in [0.15, 0.2) is 0 Å². The van der Waals surface area contributed by atoms with Crippen LogP contribution in [-0.4, -0.2) is 40.7 Å². The molecule has 0 aromatic rings. The van der Waals surface area contributed by atoms with Crippen LogP contribution in [0.3, 0.4) is 0 Å². The normalized spacial score (nSPS) is 13.4. The number of aliphatic hydroxyl groups excluding tert-OH is 2. The van der Waals surface area contributed by atoms with Gasteiger partial charge in [-0.15, -0.1) is 5.92 Å². The van der Waals surface area contributed by atoms with Crippen LogP contribution in [0.25, 0.3) is 0 Å². The SMILES string of the molecule is CCCCCCCCCCCCCC#C[C@@H](O)[C@H](CO)NC(=O)OC(C)(C)C. The summed E-state index contributed by atoms with van der Waals surface area (Å²) in [6.07, 6.45) is 13.1. The number of carbonyl (C=O) groups excluding carboxylic acids is 1. The summed E-state index contributed by atoms with van der Waals surface area (Å²) in [4.78, 5) is 11.7. The van der Waals surface area contributed by atoms with Crippen LogP contribution in [-0.2, 0) is 4.74 Å². The average molecular weight is 398 g/mol. The molecule has 5 nitrogen and oxygen atoms in total. The van der Waals surface area contributed by atoms with E-state index in [2.05, 4.69) is 24.1 Å². The third-order valence-electron chi connectivity index (χ3n) is 4.44. The minimum atomic E-state index is -1.11. The van der Waals surface area contributed by atoms with E-state index in [-0.39, 0.29) is 0 Å². The van der Waals surface area contributed by atoms with Gasteiger partial charge in [0.15, 0.2) is 0 Å². The van der Waals surface area contributed by atoms with E-state index in [0.717, 1.165) is 19.3 Å². The fraction of sp³-hybridized carbons (Fsp3) is 0.870. The zero-order chi connectivity index (χ0) is 21.3. The van der Waals surface area contributed by atoms with Crippen LogP contribution in [0.4, 0.5) is 4.79 Å². The molecule has 0 saturated heterocycles. The number of carbonyl (C=O) groups is 1. The van der Waals surface area contributed by atoms with E-state index < -0.39 is 30.4 Å². The standard InChI is InChI=1S/C23H43NO4/c1-5-6-7-8-9-10-11-12-13-14-15-16-17-18-21(26)20(19-25)24-22(27)28-23(2,3)4/h20-21,25-26H,5-16,19H2,1-4H3,(H,24,27)/t20-,21+/m0/s1. The highest BCUT2D eigenvalue weighted by atomic mass is 16.6. The van der Waals surface area contributed by atoms with Crippen LogP contribution in [0.2, 0.25) is 0 Å². The first-order chi connectivity index (χ1) is 13.3. The number of hydrogen-bond acceptors (Lipinski definition) is 4. The van der Waals surface area contributed by atoms with Gasteiger partial charge in [0, 0.05) is 6.42 Å². The van der Waals surface area contributed by atoms with Gasteiger partial charge < -0.3 is 20.3 Å². The van der Waals surface area contributed by atoms with Crippen LogP contribution < -0.4 is 5.32 Å². The largest absolute Gasteiger partial charge is 0.444 e. The lowest BCUT2D eigenvalue weighted by Gasteiger charge is -2.23. The Morgan fingerprint density at radius 2 is 1.46 bits per heavy atom. The van der Waals surface area contributed by atoms with Gasteiger partial charge in [-0.1, -0.05) is 77.1 Å². The number of amides is 1. The van der Waals surface area contributed by atoms with E-state index in [1.807, 2.05) is 0 Å². The zero-order valence-corrected chi connectivity index (χ0v) is 18.6. The lowest BCUT2D eigenvalue weighted by Crippen LogP contribution is -2.47. The Hall–Kier alpha value is -1.25. The van der Waals surface area contributed by atoms with Gasteiger partial charge >= 0.3 is 6.09 Å². The first kappa shape index (κ1) is 26.8. The fourth-order valence-corrected chi connectivity index (χ4v) is 2.84. The minimum Gasteiger partial charge on any atom is -0.444 e. The summed E-state index contributed by atoms with van der Waals surface area (Å²) in [5.41, 5.74) is -0.629. The Morgan fingerprint density at radius 1 is 0.964 bits per heavy atom. The van der Waals surface area contributed by atoms with Gasteiger partial charge in [-0.3, -0.25) is 0 Å². The summed E-state index contributed by atoms with van der Waals surface area (Å²) in [7, 11) is 0. The van der Waals surface area contributed by atoms with Gasteiger partial charge in [-0.25, -0.2) is 4.79 Å². The molecule has 0 aliphatic carbocycles. The number of unbranched alkanes of at least 4 members (excludes halogenated alkanes) is 11. The monoisotopic (exact) mass is 397 g/mol. The molecule has 0 saturated carbocycles. The summed E-state index contributed by atoms with van der Waals surface area (Å²) in [5, 5.41) is 21.8. The van der Waals surface area contributed by atoms with Gasteiger partial charge in [0.2, 0.25) is 0 Å². The molecule has 0 heterocycles. The molecule has 0 aliphatic heterocycles. The van der Waals surface area contributed by atoms with Crippen LogP contribution >= 0.6 is 0 Å². The third kappa shape index (κ3) is 16.9. The van der Waals surface area contributed by atoms with Crippen molar-refractivity contribution in [1.82, 2.24) is 5.32 Å². The van der Waals surface area contributed by atoms with E-state index in [0.29, 0.717) is 0 Å². The molecule has 0 aromatic carbocycles. The summed E-state index contributed by atoms with van der Waals surface area (Å²) in [5.74, 6) is 5.66. The Kier molecular flexibility index (Phi) is 15.9. The molecule has 0 aromatic heterocycles. The number of hydrogen-bond donors (Lipinski definition) is 3. The molecule has 1 amide bonds. The fourth-order valence-electron chi connectivity index (χ4n) is 2.84. The van der Waals surface area contributed by atoms with Crippen molar-refractivity contribution in [2.45, 2.75) is 122 Å². The van der Waals surface area contributed by atoms with E-state index in [4.69, 9.17) is 4.74 Å². The van der Waals surface area contributed by atoms with Crippen molar-refractivity contribution < 1.29 is 19.7 Å². The summed E-state index contributed by atoms with van der Waals surface area (Å²) < 4.78 is 5.12. The highest BCUT2D eigenvalue weighted by molar-refractivity contribution is 5.68. The molecule has 164 valence electrons. The van der Waals surface area contributed by atoms with Crippen molar-refractivity contribution in [3.05, 3.63) is 0 Å². The third-order valence-corrected chi connectivity index (χ3v) is 4.44. The average Bonchev–Trinajstić information content (AvgIpc) is 2.61. The van der Waals surface area contributed by atoms with Gasteiger partial charge in [0.25, 0.3) is 0 Å². The van der Waals surface area contributed by atoms with Crippen molar-refractivity contribution in [1.29, 1.82) is 0 Å². The maximum atomic E-state index is 11.7. The topological polar surface area (TPSA) is 78.8 Å². The number of rotatable bonds is 14. The molecule has 0 aliphatic rings. The first-order valence-electron chi connectivity index (χ1n) is 11.1. The van der Waals surface area contributed by atoms with Gasteiger partial charge in [0.1, 0.15) is 11.7 Å². The molecule has 5 heteroatoms. The molecule has 0 radical (unpaired) electrons. The minimum absolute atomic E-state index is 0.395. The number of alkyl carbamates (subject to hydrolysis) is 1. The Bertz CT molecular complexity index is 448. The quantitative estimate of drug-likeness (QED) is 0.287. The Morgan fingerprint density at radius 3 is 1.93 bits per heavy atom. The molecule has 0 bridgehead atoms. The predicted molar refractivity (Wildman–Crippen MR) is 115 cm³/mol. The van der Waals surface area contributed by atoms with Crippen LogP contribution in [0.5, 0.6) is 0 Å². The molecular formula is C23H43NO4. The smallest absolute Gasteiger partial charge is 0.408 e. The second-order valence-corrected chi connectivity index (χ2v) is 8.49. The Balaban J connectivity index is 3.79. The number of ether oxygens (including phenoxy) is 1. The van der Waals surface area contributed by atoms with Crippen molar-refractivity contribution >= 4 is 6.09 Å². The first-order valence-corrected chi connectivity index (χ1v) is 11.1. The van der Waals surface area contributed by atoms with Crippen LogP contribution in [0.1, 0.15) is 105 Å².